The molecule has 3 heterocycles. The molecule has 4 rings (SSSR count). The Kier molecular flexibility index (Phi) is 5.03. The first-order valence-electron chi connectivity index (χ1n) is 9.38. The van der Waals surface area contributed by atoms with Gasteiger partial charge in [-0.05, 0) is 30.5 Å². The molecular formula is C19H23N5O3S. The third-order valence-electron chi connectivity index (χ3n) is 5.01. The molecule has 0 aliphatic carbocycles. The predicted molar refractivity (Wildman–Crippen MR) is 103 cm³/mol. The van der Waals surface area contributed by atoms with E-state index in [1.54, 1.807) is 30.6 Å². The Morgan fingerprint density at radius 1 is 1.29 bits per heavy atom. The van der Waals surface area contributed by atoms with Crippen molar-refractivity contribution < 1.29 is 12.9 Å². The number of rotatable bonds is 5. The molecule has 0 saturated carbocycles. The predicted octanol–water partition coefficient (Wildman–Crippen LogP) is 3.15. The van der Waals surface area contributed by atoms with Gasteiger partial charge in [0.15, 0.2) is 5.82 Å². The zero-order chi connectivity index (χ0) is 19.7. The van der Waals surface area contributed by atoms with Gasteiger partial charge in [0.1, 0.15) is 0 Å². The lowest BCUT2D eigenvalue weighted by atomic mass is 10.00. The molecule has 2 aromatic heterocycles. The van der Waals surface area contributed by atoms with Crippen LogP contribution >= 0.6 is 0 Å². The normalized spacial score (nSPS) is 18.6. The van der Waals surface area contributed by atoms with Crippen LogP contribution in [0.4, 0.5) is 0 Å². The average molecular weight is 401 g/mol. The van der Waals surface area contributed by atoms with E-state index in [1.807, 2.05) is 19.9 Å². The van der Waals surface area contributed by atoms with Crippen molar-refractivity contribution >= 4 is 10.0 Å². The van der Waals surface area contributed by atoms with Gasteiger partial charge < -0.3 is 4.52 Å². The lowest BCUT2D eigenvalue weighted by molar-refractivity contribution is 0.265. The van der Waals surface area contributed by atoms with E-state index in [4.69, 9.17) is 4.52 Å². The summed E-state index contributed by atoms with van der Waals surface area (Å²) in [6, 6.07) is 6.94. The van der Waals surface area contributed by atoms with Gasteiger partial charge in [-0.3, -0.25) is 5.10 Å². The summed E-state index contributed by atoms with van der Waals surface area (Å²) in [7, 11) is -3.61. The summed E-state index contributed by atoms with van der Waals surface area (Å²) in [5.74, 6) is 1.27. The van der Waals surface area contributed by atoms with Gasteiger partial charge >= 0.3 is 0 Å². The van der Waals surface area contributed by atoms with Crippen molar-refractivity contribution in [3.8, 4) is 11.1 Å². The molecule has 0 amide bonds. The number of nitrogens with zero attached hydrogens (tertiary/aromatic N) is 4. The van der Waals surface area contributed by atoms with Crippen molar-refractivity contribution in [2.75, 3.05) is 13.1 Å². The first kappa shape index (κ1) is 18.8. The van der Waals surface area contributed by atoms with Crippen LogP contribution in [-0.4, -0.2) is 46.2 Å². The van der Waals surface area contributed by atoms with Gasteiger partial charge in [-0.25, -0.2) is 8.42 Å². The van der Waals surface area contributed by atoms with Crippen LogP contribution in [0.15, 0.2) is 46.1 Å². The molecule has 1 aromatic carbocycles. The number of hydrogen-bond donors (Lipinski definition) is 1. The molecule has 1 aliphatic rings. The number of sulfonamides is 1. The molecule has 1 fully saturated rings. The summed E-state index contributed by atoms with van der Waals surface area (Å²) < 4.78 is 33.4. The molecule has 1 N–H and O–H groups in total. The topological polar surface area (TPSA) is 105 Å². The number of hydrogen-bond acceptors (Lipinski definition) is 6. The van der Waals surface area contributed by atoms with E-state index in [0.29, 0.717) is 24.8 Å². The van der Waals surface area contributed by atoms with E-state index in [9.17, 15) is 8.42 Å². The van der Waals surface area contributed by atoms with Crippen molar-refractivity contribution in [3.05, 3.63) is 48.4 Å². The second kappa shape index (κ2) is 7.48. The SMILES string of the molecule is CC(C)c1noc(C2CCCN(S(=O)(=O)c3cccc(-c4cn[nH]c4)c3)C2)n1. The van der Waals surface area contributed by atoms with Crippen LogP contribution in [-0.2, 0) is 10.0 Å². The number of aromatic amines is 1. The molecule has 0 spiro atoms. The largest absolute Gasteiger partial charge is 0.339 e. The third kappa shape index (κ3) is 3.59. The summed E-state index contributed by atoms with van der Waals surface area (Å²) in [4.78, 5) is 4.74. The molecule has 0 radical (unpaired) electrons. The Labute approximate surface area is 164 Å². The van der Waals surface area contributed by atoms with E-state index in [0.717, 1.165) is 24.0 Å². The highest BCUT2D eigenvalue weighted by atomic mass is 32.2. The lowest BCUT2D eigenvalue weighted by Gasteiger charge is -2.30. The monoisotopic (exact) mass is 401 g/mol. The number of nitrogens with one attached hydrogen (secondary N) is 1. The molecule has 1 aliphatic heterocycles. The maximum atomic E-state index is 13.2. The molecule has 8 nitrogen and oxygen atoms in total. The second-order valence-corrected chi connectivity index (χ2v) is 9.30. The fourth-order valence-corrected chi connectivity index (χ4v) is 4.97. The molecule has 28 heavy (non-hydrogen) atoms. The maximum absolute atomic E-state index is 13.2. The quantitative estimate of drug-likeness (QED) is 0.704. The van der Waals surface area contributed by atoms with E-state index in [-0.39, 0.29) is 16.7 Å². The van der Waals surface area contributed by atoms with Gasteiger partial charge in [-0.1, -0.05) is 31.1 Å². The number of H-pyrrole nitrogens is 1. The molecule has 1 unspecified atom stereocenters. The standard InChI is InChI=1S/C19H23N5O3S/c1-13(2)18-22-19(27-23-18)15-6-4-8-24(12-15)28(25,26)17-7-3-5-14(9-17)16-10-20-21-11-16/h3,5,7,9-11,13,15H,4,6,8,12H2,1-2H3,(H,20,21). The molecular weight excluding hydrogens is 378 g/mol. The smallest absolute Gasteiger partial charge is 0.243 e. The molecule has 1 atom stereocenters. The zero-order valence-corrected chi connectivity index (χ0v) is 16.7. The minimum Gasteiger partial charge on any atom is -0.339 e. The fourth-order valence-electron chi connectivity index (χ4n) is 3.40. The van der Waals surface area contributed by atoms with Crippen molar-refractivity contribution in [1.82, 2.24) is 24.6 Å². The fraction of sp³-hybridized carbons (Fsp3) is 0.421. The summed E-state index contributed by atoms with van der Waals surface area (Å²) >= 11 is 0. The van der Waals surface area contributed by atoms with Crippen LogP contribution < -0.4 is 0 Å². The van der Waals surface area contributed by atoms with Crippen LogP contribution in [0.3, 0.4) is 0 Å². The van der Waals surface area contributed by atoms with E-state index in [1.165, 1.54) is 4.31 Å². The van der Waals surface area contributed by atoms with Gasteiger partial charge in [0, 0.05) is 30.8 Å². The van der Waals surface area contributed by atoms with Crippen molar-refractivity contribution in [2.24, 2.45) is 0 Å². The Bertz CT molecular complexity index is 1040. The van der Waals surface area contributed by atoms with Crippen LogP contribution in [0, 0.1) is 0 Å². The van der Waals surface area contributed by atoms with Crippen LogP contribution in [0.1, 0.15) is 50.2 Å². The first-order valence-corrected chi connectivity index (χ1v) is 10.8. The summed E-state index contributed by atoms with van der Waals surface area (Å²) in [6.45, 7) is 4.83. The highest BCUT2D eigenvalue weighted by molar-refractivity contribution is 7.89. The summed E-state index contributed by atoms with van der Waals surface area (Å²) in [5, 5.41) is 10.7. The average Bonchev–Trinajstić information content (AvgIpc) is 3.40. The third-order valence-corrected chi connectivity index (χ3v) is 6.87. The summed E-state index contributed by atoms with van der Waals surface area (Å²) in [6.07, 6.45) is 5.00. The van der Waals surface area contributed by atoms with Gasteiger partial charge in [-0.2, -0.15) is 14.4 Å². The highest BCUT2D eigenvalue weighted by Gasteiger charge is 2.33. The van der Waals surface area contributed by atoms with Gasteiger partial charge in [-0.15, -0.1) is 0 Å². The maximum Gasteiger partial charge on any atom is 0.243 e. The Morgan fingerprint density at radius 2 is 2.14 bits per heavy atom. The van der Waals surface area contributed by atoms with Crippen molar-refractivity contribution in [1.29, 1.82) is 0 Å². The van der Waals surface area contributed by atoms with E-state index in [2.05, 4.69) is 20.3 Å². The molecule has 148 valence electrons. The molecule has 1 saturated heterocycles. The van der Waals surface area contributed by atoms with Crippen LogP contribution in [0.2, 0.25) is 0 Å². The Hall–Kier alpha value is -2.52. The van der Waals surface area contributed by atoms with Crippen LogP contribution in [0.25, 0.3) is 11.1 Å². The zero-order valence-electron chi connectivity index (χ0n) is 15.9. The highest BCUT2D eigenvalue weighted by Crippen LogP contribution is 2.31. The minimum absolute atomic E-state index is 0.0828. The molecule has 3 aromatic rings. The van der Waals surface area contributed by atoms with Gasteiger partial charge in [0.2, 0.25) is 15.9 Å². The van der Waals surface area contributed by atoms with Crippen molar-refractivity contribution in [3.63, 3.8) is 0 Å². The Balaban J connectivity index is 1.58. The molecule has 9 heteroatoms. The van der Waals surface area contributed by atoms with Crippen LogP contribution in [0.5, 0.6) is 0 Å². The summed E-state index contributed by atoms with van der Waals surface area (Å²) in [5.41, 5.74) is 1.66. The first-order chi connectivity index (χ1) is 13.4. The van der Waals surface area contributed by atoms with Crippen molar-refractivity contribution in [2.45, 2.75) is 43.4 Å². The van der Waals surface area contributed by atoms with E-state index < -0.39 is 10.0 Å². The van der Waals surface area contributed by atoms with E-state index >= 15 is 0 Å². The number of piperidine rings is 1. The van der Waals surface area contributed by atoms with Gasteiger partial charge in [0.05, 0.1) is 17.0 Å². The number of benzene rings is 1. The molecule has 0 bridgehead atoms. The number of aromatic nitrogens is 4. The van der Waals surface area contributed by atoms with Gasteiger partial charge in [0.25, 0.3) is 0 Å². The second-order valence-electron chi connectivity index (χ2n) is 7.36. The minimum atomic E-state index is -3.61. The lowest BCUT2D eigenvalue weighted by Crippen LogP contribution is -2.39. The Morgan fingerprint density at radius 3 is 2.86 bits per heavy atom.